The number of aryl methyl sites for hydroxylation is 1. The van der Waals surface area contributed by atoms with E-state index in [1.165, 1.54) is 22.3 Å². The highest BCUT2D eigenvalue weighted by molar-refractivity contribution is 5.42. The molecule has 0 amide bonds. The summed E-state index contributed by atoms with van der Waals surface area (Å²) in [5, 5.41) is 3.30. The van der Waals surface area contributed by atoms with Gasteiger partial charge < -0.3 is 10.1 Å². The second kappa shape index (κ2) is 3.71. The Bertz CT molecular complexity index is 346. The van der Waals surface area contributed by atoms with Crippen molar-refractivity contribution < 1.29 is 4.74 Å². The van der Waals surface area contributed by atoms with Gasteiger partial charge >= 0.3 is 0 Å². The molecule has 2 nitrogen and oxygen atoms in total. The number of hydrogen-bond donors (Lipinski definition) is 1. The molecule has 1 aliphatic heterocycles. The smallest absolute Gasteiger partial charge is 0.0721 e. The van der Waals surface area contributed by atoms with E-state index >= 15 is 0 Å². The Kier molecular flexibility index (Phi) is 2.57. The van der Waals surface area contributed by atoms with Crippen LogP contribution in [0.25, 0.3) is 0 Å². The highest BCUT2D eigenvalue weighted by Gasteiger charge is 2.21. The van der Waals surface area contributed by atoms with Crippen molar-refractivity contribution in [2.24, 2.45) is 0 Å². The Balaban J connectivity index is 2.53. The quantitative estimate of drug-likeness (QED) is 0.734. The van der Waals surface area contributed by atoms with E-state index in [9.17, 15) is 0 Å². The molecule has 0 fully saturated rings. The Hall–Kier alpha value is -0.860. The Morgan fingerprint density at radius 3 is 2.86 bits per heavy atom. The van der Waals surface area contributed by atoms with Crippen molar-refractivity contribution in [3.63, 3.8) is 0 Å². The summed E-state index contributed by atoms with van der Waals surface area (Å²) in [7, 11) is 1.99. The first-order valence-corrected chi connectivity index (χ1v) is 5.08. The molecular weight excluding hydrogens is 174 g/mol. The molecule has 0 aromatic heterocycles. The topological polar surface area (TPSA) is 21.3 Å². The number of nitrogens with one attached hydrogen (secondary N) is 1. The van der Waals surface area contributed by atoms with Gasteiger partial charge in [0.2, 0.25) is 0 Å². The van der Waals surface area contributed by atoms with Crippen LogP contribution in [0.4, 0.5) is 0 Å². The number of rotatable bonds is 1. The summed E-state index contributed by atoms with van der Waals surface area (Å²) in [6.07, 6.45) is 0. The largest absolute Gasteiger partial charge is 0.375 e. The maximum atomic E-state index is 5.53. The van der Waals surface area contributed by atoms with E-state index in [1.54, 1.807) is 0 Å². The molecule has 0 saturated carbocycles. The lowest BCUT2D eigenvalue weighted by Crippen LogP contribution is -2.28. The third kappa shape index (κ3) is 1.45. The number of benzene rings is 1. The summed E-state index contributed by atoms with van der Waals surface area (Å²) in [5.41, 5.74) is 5.55. The predicted molar refractivity (Wildman–Crippen MR) is 57.4 cm³/mol. The number of likely N-dealkylation sites (N-methyl/N-ethyl adjacent to an activating group) is 1. The van der Waals surface area contributed by atoms with Gasteiger partial charge in [0, 0.05) is 0 Å². The molecule has 0 spiro atoms. The van der Waals surface area contributed by atoms with Crippen LogP contribution in [0.3, 0.4) is 0 Å². The monoisotopic (exact) mass is 191 g/mol. The third-order valence-electron chi connectivity index (χ3n) is 3.11. The van der Waals surface area contributed by atoms with Crippen LogP contribution in [-0.2, 0) is 11.3 Å². The van der Waals surface area contributed by atoms with Crippen LogP contribution >= 0.6 is 0 Å². The minimum absolute atomic E-state index is 0.360. The number of ether oxygens (including phenoxy) is 1. The van der Waals surface area contributed by atoms with Crippen LogP contribution in [-0.4, -0.2) is 13.7 Å². The lowest BCUT2D eigenvalue weighted by atomic mass is 9.91. The molecule has 14 heavy (non-hydrogen) atoms. The van der Waals surface area contributed by atoms with Crippen molar-refractivity contribution in [3.8, 4) is 0 Å². The molecule has 2 rings (SSSR count). The van der Waals surface area contributed by atoms with E-state index < -0.39 is 0 Å². The van der Waals surface area contributed by atoms with E-state index in [-0.39, 0.29) is 0 Å². The van der Waals surface area contributed by atoms with Gasteiger partial charge in [0.1, 0.15) is 0 Å². The van der Waals surface area contributed by atoms with Gasteiger partial charge in [-0.1, -0.05) is 12.1 Å². The van der Waals surface area contributed by atoms with Crippen LogP contribution in [0.1, 0.15) is 28.3 Å². The molecule has 0 bridgehead atoms. The fourth-order valence-corrected chi connectivity index (χ4v) is 2.10. The molecule has 1 aliphatic rings. The van der Waals surface area contributed by atoms with Gasteiger partial charge in [-0.2, -0.15) is 0 Å². The summed E-state index contributed by atoms with van der Waals surface area (Å²) >= 11 is 0. The molecule has 1 aromatic rings. The van der Waals surface area contributed by atoms with Gasteiger partial charge in [0.25, 0.3) is 0 Å². The minimum Gasteiger partial charge on any atom is -0.375 e. The fourth-order valence-electron chi connectivity index (χ4n) is 2.10. The van der Waals surface area contributed by atoms with Crippen molar-refractivity contribution in [1.29, 1.82) is 0 Å². The maximum absolute atomic E-state index is 5.53. The lowest BCUT2D eigenvalue weighted by molar-refractivity contribution is 0.0841. The van der Waals surface area contributed by atoms with Gasteiger partial charge in [-0.15, -0.1) is 0 Å². The molecule has 2 heteroatoms. The summed E-state index contributed by atoms with van der Waals surface area (Å²) in [6, 6.07) is 4.72. The molecule has 76 valence electrons. The Morgan fingerprint density at radius 1 is 1.36 bits per heavy atom. The van der Waals surface area contributed by atoms with Crippen LogP contribution in [0, 0.1) is 13.8 Å². The zero-order valence-corrected chi connectivity index (χ0v) is 9.05. The molecule has 1 aromatic carbocycles. The molecule has 1 heterocycles. The van der Waals surface area contributed by atoms with E-state index in [1.807, 2.05) is 7.05 Å². The first kappa shape index (κ1) is 9.69. The lowest BCUT2D eigenvalue weighted by Gasteiger charge is -2.28. The van der Waals surface area contributed by atoms with Crippen LogP contribution in [0.15, 0.2) is 12.1 Å². The molecule has 0 unspecified atom stereocenters. The Labute approximate surface area is 85.3 Å². The van der Waals surface area contributed by atoms with Crippen molar-refractivity contribution in [1.82, 2.24) is 5.32 Å². The van der Waals surface area contributed by atoms with Gasteiger partial charge in [-0.3, -0.25) is 0 Å². The molecule has 0 radical (unpaired) electrons. The average Bonchev–Trinajstić information content (AvgIpc) is 2.23. The van der Waals surface area contributed by atoms with Crippen LogP contribution < -0.4 is 5.32 Å². The minimum atomic E-state index is 0.360. The zero-order valence-electron chi connectivity index (χ0n) is 9.05. The van der Waals surface area contributed by atoms with E-state index in [4.69, 9.17) is 4.74 Å². The molecular formula is C12H17NO. The summed E-state index contributed by atoms with van der Waals surface area (Å²) in [6.45, 7) is 5.91. The van der Waals surface area contributed by atoms with Crippen LogP contribution in [0.2, 0.25) is 0 Å². The number of fused-ring (bicyclic) bond motifs is 1. The highest BCUT2D eigenvalue weighted by atomic mass is 16.5. The van der Waals surface area contributed by atoms with Gasteiger partial charge in [-0.25, -0.2) is 0 Å². The standard InChI is InChI=1S/C12H17NO/c1-8-4-5-10-6-14-7-11(13-3)12(10)9(8)2/h4-5,11,13H,6-7H2,1-3H3/t11-/m1/s1. The first-order chi connectivity index (χ1) is 6.74. The second-order valence-electron chi connectivity index (χ2n) is 3.94. The molecule has 0 aliphatic carbocycles. The summed E-state index contributed by atoms with van der Waals surface area (Å²) < 4.78 is 5.53. The van der Waals surface area contributed by atoms with E-state index in [0.29, 0.717) is 6.04 Å². The predicted octanol–water partition coefficient (Wildman–Crippen LogP) is 2.09. The van der Waals surface area contributed by atoms with Gasteiger partial charge in [-0.05, 0) is 43.1 Å². The van der Waals surface area contributed by atoms with Crippen molar-refractivity contribution >= 4 is 0 Å². The summed E-state index contributed by atoms with van der Waals surface area (Å²) in [5.74, 6) is 0. The maximum Gasteiger partial charge on any atom is 0.0721 e. The second-order valence-corrected chi connectivity index (χ2v) is 3.94. The fraction of sp³-hybridized carbons (Fsp3) is 0.500. The zero-order chi connectivity index (χ0) is 10.1. The highest BCUT2D eigenvalue weighted by Crippen LogP contribution is 2.29. The van der Waals surface area contributed by atoms with Crippen LogP contribution in [0.5, 0.6) is 0 Å². The van der Waals surface area contributed by atoms with Gasteiger partial charge in [0.05, 0.1) is 19.3 Å². The van der Waals surface area contributed by atoms with E-state index in [2.05, 4.69) is 31.3 Å². The normalized spacial score (nSPS) is 20.6. The van der Waals surface area contributed by atoms with Crippen molar-refractivity contribution in [2.45, 2.75) is 26.5 Å². The molecule has 1 N–H and O–H groups in total. The van der Waals surface area contributed by atoms with Gasteiger partial charge in [0.15, 0.2) is 0 Å². The van der Waals surface area contributed by atoms with Crippen molar-refractivity contribution in [3.05, 3.63) is 34.4 Å². The van der Waals surface area contributed by atoms with Crippen molar-refractivity contribution in [2.75, 3.05) is 13.7 Å². The average molecular weight is 191 g/mol. The SMILES string of the molecule is CN[C@@H]1COCc2ccc(C)c(C)c21. The third-order valence-corrected chi connectivity index (χ3v) is 3.11. The van der Waals surface area contributed by atoms with E-state index in [0.717, 1.165) is 13.2 Å². The Morgan fingerprint density at radius 2 is 2.14 bits per heavy atom. The molecule has 0 saturated heterocycles. The number of hydrogen-bond acceptors (Lipinski definition) is 2. The molecule has 1 atom stereocenters. The first-order valence-electron chi connectivity index (χ1n) is 5.08. The summed E-state index contributed by atoms with van der Waals surface area (Å²) in [4.78, 5) is 0.